The van der Waals surface area contributed by atoms with Gasteiger partial charge in [0, 0.05) is 22.7 Å². The van der Waals surface area contributed by atoms with Crippen molar-refractivity contribution in [3.05, 3.63) is 104 Å². The topological polar surface area (TPSA) is 124 Å². The Morgan fingerprint density at radius 3 is 2.31 bits per heavy atom. The van der Waals surface area contributed by atoms with Gasteiger partial charge in [-0.15, -0.1) is 0 Å². The van der Waals surface area contributed by atoms with E-state index in [1.807, 2.05) is 0 Å². The molecule has 0 saturated carbocycles. The smallest absolute Gasteiger partial charge is 0.339 e. The molecule has 4 rings (SSSR count). The van der Waals surface area contributed by atoms with Gasteiger partial charge in [0.1, 0.15) is 10.6 Å². The number of nitrogens with zero attached hydrogens (tertiary/aromatic N) is 2. The molecule has 0 aliphatic carbocycles. The highest BCUT2D eigenvalue weighted by Crippen LogP contribution is 2.35. The molecule has 0 N–H and O–H groups in total. The van der Waals surface area contributed by atoms with E-state index in [0.29, 0.717) is 22.3 Å². The number of para-hydroxylation sites is 1. The Kier molecular flexibility index (Phi) is 6.92. The zero-order valence-corrected chi connectivity index (χ0v) is 20.0. The van der Waals surface area contributed by atoms with Gasteiger partial charge in [-0.2, -0.15) is 8.42 Å². The minimum atomic E-state index is -4.18. The van der Waals surface area contributed by atoms with E-state index >= 15 is 0 Å². The van der Waals surface area contributed by atoms with Gasteiger partial charge in [-0.3, -0.25) is 24.6 Å². The summed E-state index contributed by atoms with van der Waals surface area (Å²) in [5.41, 5.74) is 0.718. The fourth-order valence-electron chi connectivity index (χ4n) is 3.13. The van der Waals surface area contributed by atoms with E-state index in [2.05, 4.69) is 0 Å². The summed E-state index contributed by atoms with van der Waals surface area (Å²) >= 11 is 6.51. The number of rotatable bonds is 7. The second-order valence-electron chi connectivity index (χ2n) is 7.22. The Bertz CT molecular complexity index is 1450. The fraction of sp³-hybridized carbons (Fsp3) is 0.0435. The van der Waals surface area contributed by atoms with Gasteiger partial charge >= 0.3 is 10.1 Å². The Labute approximate surface area is 209 Å². The molecule has 178 valence electrons. The highest BCUT2D eigenvalue weighted by molar-refractivity contribution is 8.18. The molecule has 1 aliphatic rings. The van der Waals surface area contributed by atoms with Gasteiger partial charge < -0.3 is 4.18 Å². The Balaban J connectivity index is 1.56. The van der Waals surface area contributed by atoms with Crippen LogP contribution in [0.5, 0.6) is 5.75 Å². The number of imide groups is 1. The molecule has 3 aromatic rings. The van der Waals surface area contributed by atoms with Gasteiger partial charge in [0.15, 0.2) is 0 Å². The molecule has 1 saturated heterocycles. The number of hydrogen-bond donors (Lipinski definition) is 0. The Morgan fingerprint density at radius 2 is 1.66 bits per heavy atom. The minimum Gasteiger partial charge on any atom is -0.378 e. The third kappa shape index (κ3) is 5.53. The quantitative estimate of drug-likeness (QED) is 0.175. The van der Waals surface area contributed by atoms with E-state index < -0.39 is 26.2 Å². The van der Waals surface area contributed by atoms with Crippen LogP contribution >= 0.6 is 23.4 Å². The van der Waals surface area contributed by atoms with Crippen LogP contribution in [0.4, 0.5) is 10.5 Å². The molecule has 0 unspecified atom stereocenters. The number of benzene rings is 3. The third-order valence-electron chi connectivity index (χ3n) is 4.87. The van der Waals surface area contributed by atoms with Crippen molar-refractivity contribution in [2.24, 2.45) is 0 Å². The zero-order chi connectivity index (χ0) is 25.2. The number of nitro groups is 1. The lowest BCUT2D eigenvalue weighted by Crippen LogP contribution is -2.27. The molecule has 0 radical (unpaired) electrons. The van der Waals surface area contributed by atoms with Crippen LogP contribution in [0.3, 0.4) is 0 Å². The standard InChI is InChI=1S/C23H15ClN2O7S2/c24-17-7-11-19(12-8-17)35(31,32)33-20-4-2-1-3-16(20)13-21-22(27)25(23(28)34-21)14-15-5-9-18(10-6-15)26(29)30/h1-13H,14H2/b21-13-. The van der Waals surface area contributed by atoms with Crippen molar-refractivity contribution >= 4 is 56.4 Å². The van der Waals surface area contributed by atoms with Crippen molar-refractivity contribution in [2.75, 3.05) is 0 Å². The average molecular weight is 531 g/mol. The summed E-state index contributed by atoms with van der Waals surface area (Å²) in [6.45, 7) is -0.0664. The Morgan fingerprint density at radius 1 is 1.00 bits per heavy atom. The number of carbonyl (C=O) groups is 2. The second-order valence-corrected chi connectivity index (χ2v) is 10.2. The molecule has 0 spiro atoms. The molecule has 1 heterocycles. The summed E-state index contributed by atoms with van der Waals surface area (Å²) in [5.74, 6) is -0.599. The van der Waals surface area contributed by atoms with Crippen molar-refractivity contribution in [2.45, 2.75) is 11.4 Å². The molecule has 1 fully saturated rings. The van der Waals surface area contributed by atoms with Crippen LogP contribution in [0.2, 0.25) is 5.02 Å². The molecule has 0 bridgehead atoms. The maximum atomic E-state index is 12.9. The molecule has 1 aliphatic heterocycles. The normalized spacial score (nSPS) is 15.0. The van der Waals surface area contributed by atoms with E-state index in [4.69, 9.17) is 15.8 Å². The van der Waals surface area contributed by atoms with E-state index in [0.717, 1.165) is 4.90 Å². The first kappa shape index (κ1) is 24.5. The van der Waals surface area contributed by atoms with Crippen molar-refractivity contribution in [1.82, 2.24) is 4.90 Å². The van der Waals surface area contributed by atoms with Crippen molar-refractivity contribution in [1.29, 1.82) is 0 Å². The summed E-state index contributed by atoms with van der Waals surface area (Å²) in [5, 5.41) is 10.7. The molecule has 9 nitrogen and oxygen atoms in total. The van der Waals surface area contributed by atoms with Crippen LogP contribution in [0, 0.1) is 10.1 Å². The van der Waals surface area contributed by atoms with Gasteiger partial charge in [-0.05, 0) is 53.7 Å². The number of carbonyl (C=O) groups excluding carboxylic acids is 2. The first-order chi connectivity index (χ1) is 16.6. The van der Waals surface area contributed by atoms with Gasteiger partial charge in [-0.25, -0.2) is 0 Å². The predicted octanol–water partition coefficient (Wildman–Crippen LogP) is 5.25. The molecule has 3 aromatic carbocycles. The first-order valence-electron chi connectivity index (χ1n) is 9.92. The summed E-state index contributed by atoms with van der Waals surface area (Å²) in [6, 6.07) is 17.2. The van der Waals surface area contributed by atoms with Crippen LogP contribution in [0.15, 0.2) is 82.6 Å². The van der Waals surface area contributed by atoms with Crippen LogP contribution < -0.4 is 4.18 Å². The number of amides is 2. The fourth-order valence-corrected chi connectivity index (χ4v) is 5.04. The van der Waals surface area contributed by atoms with Gasteiger partial charge in [0.05, 0.1) is 16.4 Å². The lowest BCUT2D eigenvalue weighted by Gasteiger charge is -2.12. The van der Waals surface area contributed by atoms with Gasteiger partial charge in [-0.1, -0.05) is 41.9 Å². The minimum absolute atomic E-state index is 0.0235. The van der Waals surface area contributed by atoms with Crippen LogP contribution in [-0.4, -0.2) is 29.4 Å². The molecule has 12 heteroatoms. The molecule has 35 heavy (non-hydrogen) atoms. The largest absolute Gasteiger partial charge is 0.378 e. The molecular weight excluding hydrogens is 516 g/mol. The van der Waals surface area contributed by atoms with E-state index in [1.54, 1.807) is 18.2 Å². The third-order valence-corrected chi connectivity index (χ3v) is 7.28. The SMILES string of the molecule is O=C1S/C(=C\c2ccccc2OS(=O)(=O)c2ccc(Cl)cc2)C(=O)N1Cc1ccc([N+](=O)[O-])cc1. The molecule has 0 aromatic heterocycles. The van der Waals surface area contributed by atoms with E-state index in [1.165, 1.54) is 60.7 Å². The van der Waals surface area contributed by atoms with E-state index in [-0.39, 0.29) is 33.3 Å². The summed E-state index contributed by atoms with van der Waals surface area (Å²) in [6.07, 6.45) is 1.38. The summed E-state index contributed by atoms with van der Waals surface area (Å²) < 4.78 is 30.6. The molecule has 0 atom stereocenters. The van der Waals surface area contributed by atoms with Crippen molar-refractivity contribution < 1.29 is 27.1 Å². The second kappa shape index (κ2) is 9.90. The highest BCUT2D eigenvalue weighted by atomic mass is 35.5. The highest BCUT2D eigenvalue weighted by Gasteiger charge is 2.35. The number of non-ortho nitro benzene ring substituents is 1. The van der Waals surface area contributed by atoms with Gasteiger partial charge in [0.2, 0.25) is 0 Å². The van der Waals surface area contributed by atoms with Crippen LogP contribution in [-0.2, 0) is 21.5 Å². The predicted molar refractivity (Wildman–Crippen MR) is 130 cm³/mol. The van der Waals surface area contributed by atoms with Crippen molar-refractivity contribution in [3.8, 4) is 5.75 Å². The summed E-state index contributed by atoms with van der Waals surface area (Å²) in [7, 11) is -4.18. The molecular formula is C23H15ClN2O7S2. The monoisotopic (exact) mass is 530 g/mol. The van der Waals surface area contributed by atoms with Crippen LogP contribution in [0.1, 0.15) is 11.1 Å². The first-order valence-corrected chi connectivity index (χ1v) is 12.5. The number of thioether (sulfide) groups is 1. The summed E-state index contributed by atoms with van der Waals surface area (Å²) in [4.78, 5) is 36.6. The lowest BCUT2D eigenvalue weighted by atomic mass is 10.1. The van der Waals surface area contributed by atoms with Crippen LogP contribution in [0.25, 0.3) is 6.08 Å². The van der Waals surface area contributed by atoms with E-state index in [9.17, 15) is 28.1 Å². The lowest BCUT2D eigenvalue weighted by molar-refractivity contribution is -0.384. The Hall–Kier alpha value is -3.67. The zero-order valence-electron chi connectivity index (χ0n) is 17.7. The van der Waals surface area contributed by atoms with Gasteiger partial charge in [0.25, 0.3) is 16.8 Å². The number of halogens is 1. The molecule has 2 amide bonds. The maximum absolute atomic E-state index is 12.9. The maximum Gasteiger partial charge on any atom is 0.339 e. The number of nitro benzene ring substituents is 1. The van der Waals surface area contributed by atoms with Crippen molar-refractivity contribution in [3.63, 3.8) is 0 Å². The number of hydrogen-bond acceptors (Lipinski definition) is 8. The average Bonchev–Trinajstić information content (AvgIpc) is 3.08.